The molecule has 3 rings (SSSR count). The molecular weight excluding hydrogens is 272 g/mol. The van der Waals surface area contributed by atoms with E-state index in [2.05, 4.69) is 29.6 Å². The molecule has 1 unspecified atom stereocenters. The van der Waals surface area contributed by atoms with Crippen molar-refractivity contribution in [1.82, 2.24) is 4.90 Å². The first-order valence-electron chi connectivity index (χ1n) is 7.95. The lowest BCUT2D eigenvalue weighted by Gasteiger charge is -2.25. The van der Waals surface area contributed by atoms with Crippen LogP contribution in [0.1, 0.15) is 18.4 Å². The third kappa shape index (κ3) is 3.67. The Bertz CT molecular complexity index is 597. The van der Waals surface area contributed by atoms with Crippen LogP contribution in [0.2, 0.25) is 0 Å². The summed E-state index contributed by atoms with van der Waals surface area (Å²) in [6.07, 6.45) is 3.17. The molecule has 0 saturated carbocycles. The molecule has 2 aromatic carbocycles. The summed E-state index contributed by atoms with van der Waals surface area (Å²) in [6, 6.07) is 20.7. The summed E-state index contributed by atoms with van der Waals surface area (Å²) in [5.74, 6) is 0.197. The summed E-state index contributed by atoms with van der Waals surface area (Å²) < 4.78 is 0. The van der Waals surface area contributed by atoms with Crippen molar-refractivity contribution in [3.8, 4) is 0 Å². The summed E-state index contributed by atoms with van der Waals surface area (Å²) in [4.78, 5) is 14.5. The van der Waals surface area contributed by atoms with Gasteiger partial charge in [-0.15, -0.1) is 0 Å². The molecule has 1 heterocycles. The first-order valence-corrected chi connectivity index (χ1v) is 7.95. The van der Waals surface area contributed by atoms with Gasteiger partial charge in [-0.3, -0.25) is 4.79 Å². The predicted octanol–water partition coefficient (Wildman–Crippen LogP) is 3.33. The van der Waals surface area contributed by atoms with E-state index in [9.17, 15) is 4.79 Å². The molecule has 1 saturated heterocycles. The molecule has 3 nitrogen and oxygen atoms in total. The molecule has 1 aliphatic heterocycles. The SMILES string of the molecule is O=C(CNc1ccccc1)N1CCCC1Cc1ccccc1. The second-order valence-electron chi connectivity index (χ2n) is 5.79. The minimum absolute atomic E-state index is 0.197. The summed E-state index contributed by atoms with van der Waals surface area (Å²) in [5.41, 5.74) is 2.30. The molecule has 114 valence electrons. The van der Waals surface area contributed by atoms with Gasteiger partial charge in [0, 0.05) is 18.3 Å². The van der Waals surface area contributed by atoms with Crippen LogP contribution in [0.5, 0.6) is 0 Å². The molecule has 0 aliphatic carbocycles. The van der Waals surface area contributed by atoms with Crippen LogP contribution >= 0.6 is 0 Å². The Hall–Kier alpha value is -2.29. The van der Waals surface area contributed by atoms with Crippen molar-refractivity contribution in [1.29, 1.82) is 0 Å². The van der Waals surface area contributed by atoms with Gasteiger partial charge < -0.3 is 10.2 Å². The molecule has 1 aliphatic rings. The summed E-state index contributed by atoms with van der Waals surface area (Å²) in [5, 5.41) is 3.21. The van der Waals surface area contributed by atoms with Crippen LogP contribution < -0.4 is 5.32 Å². The second kappa shape index (κ2) is 7.12. The minimum Gasteiger partial charge on any atom is -0.376 e. The fourth-order valence-corrected chi connectivity index (χ4v) is 3.10. The van der Waals surface area contributed by atoms with Gasteiger partial charge in [-0.1, -0.05) is 48.5 Å². The monoisotopic (exact) mass is 294 g/mol. The zero-order chi connectivity index (χ0) is 15.2. The van der Waals surface area contributed by atoms with Crippen LogP contribution in [0.3, 0.4) is 0 Å². The van der Waals surface area contributed by atoms with Crippen LogP contribution in [-0.4, -0.2) is 29.9 Å². The van der Waals surface area contributed by atoms with E-state index in [-0.39, 0.29) is 5.91 Å². The average Bonchev–Trinajstić information content (AvgIpc) is 3.03. The van der Waals surface area contributed by atoms with Gasteiger partial charge in [0.2, 0.25) is 5.91 Å². The number of hydrogen-bond acceptors (Lipinski definition) is 2. The van der Waals surface area contributed by atoms with Crippen molar-refractivity contribution < 1.29 is 4.79 Å². The number of hydrogen-bond donors (Lipinski definition) is 1. The molecule has 2 aromatic rings. The highest BCUT2D eigenvalue weighted by Crippen LogP contribution is 2.21. The average molecular weight is 294 g/mol. The van der Waals surface area contributed by atoms with Crippen LogP contribution in [0.15, 0.2) is 60.7 Å². The number of carbonyl (C=O) groups excluding carboxylic acids is 1. The Morgan fingerprint density at radius 2 is 1.73 bits per heavy atom. The van der Waals surface area contributed by atoms with Crippen LogP contribution in [0, 0.1) is 0 Å². The van der Waals surface area contributed by atoms with E-state index in [4.69, 9.17) is 0 Å². The number of likely N-dealkylation sites (tertiary alicyclic amines) is 1. The molecule has 22 heavy (non-hydrogen) atoms. The molecule has 0 bridgehead atoms. The predicted molar refractivity (Wildman–Crippen MR) is 89.8 cm³/mol. The Labute approximate surface area is 132 Å². The van der Waals surface area contributed by atoms with Gasteiger partial charge in [-0.05, 0) is 37.0 Å². The fraction of sp³-hybridized carbons (Fsp3) is 0.316. The van der Waals surface area contributed by atoms with Crippen molar-refractivity contribution in [3.05, 3.63) is 66.2 Å². The maximum atomic E-state index is 12.5. The Morgan fingerprint density at radius 3 is 2.45 bits per heavy atom. The summed E-state index contributed by atoms with van der Waals surface area (Å²) >= 11 is 0. The highest BCUT2D eigenvalue weighted by Gasteiger charge is 2.28. The van der Waals surface area contributed by atoms with E-state index in [0.717, 1.165) is 31.5 Å². The number of rotatable bonds is 5. The maximum absolute atomic E-state index is 12.5. The van der Waals surface area contributed by atoms with Gasteiger partial charge in [0.25, 0.3) is 0 Å². The van der Waals surface area contributed by atoms with Crippen molar-refractivity contribution in [2.45, 2.75) is 25.3 Å². The lowest BCUT2D eigenvalue weighted by atomic mass is 10.0. The number of amides is 1. The smallest absolute Gasteiger partial charge is 0.242 e. The number of para-hydroxylation sites is 1. The molecule has 3 heteroatoms. The van der Waals surface area contributed by atoms with Crippen LogP contribution in [0.4, 0.5) is 5.69 Å². The van der Waals surface area contributed by atoms with E-state index in [1.807, 2.05) is 41.3 Å². The zero-order valence-corrected chi connectivity index (χ0v) is 12.7. The highest BCUT2D eigenvalue weighted by atomic mass is 16.2. The highest BCUT2D eigenvalue weighted by molar-refractivity contribution is 5.81. The van der Waals surface area contributed by atoms with Gasteiger partial charge in [0.15, 0.2) is 0 Å². The van der Waals surface area contributed by atoms with Crippen LogP contribution in [0.25, 0.3) is 0 Å². The van der Waals surface area contributed by atoms with Crippen molar-refractivity contribution >= 4 is 11.6 Å². The number of benzene rings is 2. The van der Waals surface area contributed by atoms with Gasteiger partial charge in [-0.2, -0.15) is 0 Å². The van der Waals surface area contributed by atoms with E-state index in [1.54, 1.807) is 0 Å². The van der Waals surface area contributed by atoms with E-state index >= 15 is 0 Å². The second-order valence-corrected chi connectivity index (χ2v) is 5.79. The largest absolute Gasteiger partial charge is 0.376 e. The Morgan fingerprint density at radius 1 is 1.05 bits per heavy atom. The van der Waals surface area contributed by atoms with E-state index in [0.29, 0.717) is 12.6 Å². The zero-order valence-electron chi connectivity index (χ0n) is 12.7. The molecule has 1 fully saturated rings. The lowest BCUT2D eigenvalue weighted by Crippen LogP contribution is -2.40. The molecule has 0 aromatic heterocycles. The Kier molecular flexibility index (Phi) is 4.74. The van der Waals surface area contributed by atoms with Gasteiger partial charge in [0.05, 0.1) is 6.54 Å². The molecule has 1 atom stereocenters. The van der Waals surface area contributed by atoms with Gasteiger partial charge >= 0.3 is 0 Å². The van der Waals surface area contributed by atoms with Crippen molar-refractivity contribution in [2.75, 3.05) is 18.4 Å². The van der Waals surface area contributed by atoms with E-state index in [1.165, 1.54) is 5.56 Å². The minimum atomic E-state index is 0.197. The summed E-state index contributed by atoms with van der Waals surface area (Å²) in [7, 11) is 0. The number of nitrogens with zero attached hydrogens (tertiary/aromatic N) is 1. The molecule has 0 radical (unpaired) electrons. The Balaban J connectivity index is 1.57. The molecular formula is C19H22N2O. The lowest BCUT2D eigenvalue weighted by molar-refractivity contribution is -0.130. The quantitative estimate of drug-likeness (QED) is 0.917. The van der Waals surface area contributed by atoms with Crippen LogP contribution in [-0.2, 0) is 11.2 Å². The van der Waals surface area contributed by atoms with Crippen molar-refractivity contribution in [3.63, 3.8) is 0 Å². The third-order valence-corrected chi connectivity index (χ3v) is 4.23. The maximum Gasteiger partial charge on any atom is 0.242 e. The molecule has 1 amide bonds. The fourth-order valence-electron chi connectivity index (χ4n) is 3.10. The summed E-state index contributed by atoms with van der Waals surface area (Å²) in [6.45, 7) is 1.25. The number of anilines is 1. The third-order valence-electron chi connectivity index (χ3n) is 4.23. The van der Waals surface area contributed by atoms with Gasteiger partial charge in [-0.25, -0.2) is 0 Å². The normalized spacial score (nSPS) is 17.5. The number of carbonyl (C=O) groups is 1. The topological polar surface area (TPSA) is 32.3 Å². The van der Waals surface area contributed by atoms with Crippen molar-refractivity contribution in [2.24, 2.45) is 0 Å². The molecule has 1 N–H and O–H groups in total. The molecule has 0 spiro atoms. The number of nitrogens with one attached hydrogen (secondary N) is 1. The van der Waals surface area contributed by atoms with Gasteiger partial charge in [0.1, 0.15) is 0 Å². The first-order chi connectivity index (χ1) is 10.8. The standard InChI is InChI=1S/C19H22N2O/c22-19(15-20-17-10-5-2-6-11-17)21-13-7-12-18(21)14-16-8-3-1-4-9-16/h1-6,8-11,18,20H,7,12-15H2. The first kappa shape index (κ1) is 14.6. The van der Waals surface area contributed by atoms with E-state index < -0.39 is 0 Å².